The van der Waals surface area contributed by atoms with Gasteiger partial charge >= 0.3 is 0 Å². The van der Waals surface area contributed by atoms with E-state index >= 15 is 0 Å². The van der Waals surface area contributed by atoms with E-state index in [4.69, 9.17) is 9.15 Å². The van der Waals surface area contributed by atoms with Crippen LogP contribution in [-0.4, -0.2) is 31.5 Å². The molecule has 0 saturated carbocycles. The van der Waals surface area contributed by atoms with Gasteiger partial charge in [0.05, 0.1) is 7.11 Å². The van der Waals surface area contributed by atoms with E-state index < -0.39 is 0 Å². The summed E-state index contributed by atoms with van der Waals surface area (Å²) in [4.78, 5) is 14.9. The van der Waals surface area contributed by atoms with Gasteiger partial charge in [-0.3, -0.25) is 4.79 Å². The summed E-state index contributed by atoms with van der Waals surface area (Å²) in [6.45, 7) is 6.37. The Morgan fingerprint density at radius 3 is 2.70 bits per heavy atom. The molecular formula is C22H26N2O3. The van der Waals surface area contributed by atoms with Gasteiger partial charge in [0.2, 0.25) is 0 Å². The van der Waals surface area contributed by atoms with Crippen LogP contribution in [0.25, 0.3) is 11.0 Å². The van der Waals surface area contributed by atoms with Crippen molar-refractivity contribution in [3.05, 3.63) is 64.9 Å². The second-order valence-electron chi connectivity index (χ2n) is 6.75. The van der Waals surface area contributed by atoms with Crippen LogP contribution in [0.15, 0.2) is 46.9 Å². The summed E-state index contributed by atoms with van der Waals surface area (Å²) in [6, 6.07) is 13.8. The first-order valence-electron chi connectivity index (χ1n) is 9.13. The normalized spacial score (nSPS) is 11.1. The SMILES string of the molecule is CCN(C)Cc1cccc(CNC(=O)c2oc3ccc(OC)cc3c2C)c1. The van der Waals surface area contributed by atoms with Crippen LogP contribution >= 0.6 is 0 Å². The highest BCUT2D eigenvalue weighted by molar-refractivity contribution is 5.99. The fourth-order valence-electron chi connectivity index (χ4n) is 3.07. The van der Waals surface area contributed by atoms with Gasteiger partial charge in [0, 0.05) is 24.0 Å². The largest absolute Gasteiger partial charge is 0.497 e. The molecule has 1 heterocycles. The molecule has 5 heteroatoms. The monoisotopic (exact) mass is 366 g/mol. The first-order valence-corrected chi connectivity index (χ1v) is 9.13. The Bertz CT molecular complexity index is 946. The third kappa shape index (κ3) is 4.31. The number of nitrogens with one attached hydrogen (secondary N) is 1. The molecule has 3 rings (SSSR count). The van der Waals surface area contributed by atoms with Crippen molar-refractivity contribution < 1.29 is 13.9 Å². The van der Waals surface area contributed by atoms with E-state index in [0.717, 1.165) is 35.4 Å². The van der Waals surface area contributed by atoms with Gasteiger partial charge in [-0.15, -0.1) is 0 Å². The highest BCUT2D eigenvalue weighted by atomic mass is 16.5. The predicted octanol–water partition coefficient (Wildman–Crippen LogP) is 4.13. The summed E-state index contributed by atoms with van der Waals surface area (Å²) in [5, 5.41) is 3.86. The standard InChI is InChI=1S/C22H26N2O3/c1-5-24(3)14-17-8-6-7-16(11-17)13-23-22(25)21-15(2)19-12-18(26-4)9-10-20(19)27-21/h6-12H,5,13-14H2,1-4H3,(H,23,25). The molecule has 0 spiro atoms. The molecule has 0 unspecified atom stereocenters. The number of methoxy groups -OCH3 is 1. The third-order valence-electron chi connectivity index (χ3n) is 4.79. The molecule has 5 nitrogen and oxygen atoms in total. The minimum absolute atomic E-state index is 0.209. The van der Waals surface area contributed by atoms with Crippen molar-refractivity contribution in [1.82, 2.24) is 10.2 Å². The first-order chi connectivity index (χ1) is 13.0. The van der Waals surface area contributed by atoms with Crippen molar-refractivity contribution in [2.45, 2.75) is 26.9 Å². The lowest BCUT2D eigenvalue weighted by Crippen LogP contribution is -2.23. The van der Waals surface area contributed by atoms with E-state index in [9.17, 15) is 4.79 Å². The van der Waals surface area contributed by atoms with Crippen molar-refractivity contribution in [3.8, 4) is 5.75 Å². The molecule has 1 aromatic heterocycles. The summed E-state index contributed by atoms with van der Waals surface area (Å²) in [7, 11) is 3.71. The molecule has 0 aliphatic carbocycles. The molecule has 0 atom stereocenters. The Labute approximate surface area is 159 Å². The molecule has 3 aromatic rings. The van der Waals surface area contributed by atoms with Gasteiger partial charge in [-0.1, -0.05) is 31.2 Å². The zero-order valence-corrected chi connectivity index (χ0v) is 16.3. The van der Waals surface area contributed by atoms with Gasteiger partial charge in [0.1, 0.15) is 11.3 Å². The third-order valence-corrected chi connectivity index (χ3v) is 4.79. The van der Waals surface area contributed by atoms with E-state index in [1.165, 1.54) is 5.56 Å². The van der Waals surface area contributed by atoms with Crippen molar-refractivity contribution >= 4 is 16.9 Å². The van der Waals surface area contributed by atoms with Gasteiger partial charge in [0.15, 0.2) is 5.76 Å². The van der Waals surface area contributed by atoms with E-state index in [0.29, 0.717) is 17.9 Å². The van der Waals surface area contributed by atoms with Crippen LogP contribution in [0.1, 0.15) is 34.2 Å². The molecule has 0 saturated heterocycles. The van der Waals surface area contributed by atoms with Crippen LogP contribution in [0.5, 0.6) is 5.75 Å². The number of hydrogen-bond donors (Lipinski definition) is 1. The maximum atomic E-state index is 12.6. The minimum Gasteiger partial charge on any atom is -0.497 e. The number of hydrogen-bond acceptors (Lipinski definition) is 4. The summed E-state index contributed by atoms with van der Waals surface area (Å²) in [5.74, 6) is 0.881. The van der Waals surface area contributed by atoms with Crippen molar-refractivity contribution in [1.29, 1.82) is 0 Å². The quantitative estimate of drug-likeness (QED) is 0.683. The molecule has 0 bridgehead atoms. The van der Waals surface area contributed by atoms with Crippen molar-refractivity contribution in [2.24, 2.45) is 0 Å². The number of benzene rings is 2. The second-order valence-corrected chi connectivity index (χ2v) is 6.75. The topological polar surface area (TPSA) is 54.7 Å². The number of carbonyl (C=O) groups is 1. The summed E-state index contributed by atoms with van der Waals surface area (Å²) in [6.07, 6.45) is 0. The molecule has 0 fully saturated rings. The summed E-state index contributed by atoms with van der Waals surface area (Å²) in [5.41, 5.74) is 3.81. The van der Waals surface area contributed by atoms with E-state index in [-0.39, 0.29) is 5.91 Å². The van der Waals surface area contributed by atoms with Gasteiger partial charge in [-0.25, -0.2) is 0 Å². The molecule has 1 N–H and O–H groups in total. The minimum atomic E-state index is -0.209. The van der Waals surface area contributed by atoms with Crippen LogP contribution in [0.4, 0.5) is 0 Å². The van der Waals surface area contributed by atoms with Gasteiger partial charge in [-0.2, -0.15) is 0 Å². The Kier molecular flexibility index (Phi) is 5.81. The van der Waals surface area contributed by atoms with Gasteiger partial charge in [-0.05, 0) is 49.8 Å². The molecule has 0 aliphatic rings. The summed E-state index contributed by atoms with van der Waals surface area (Å²) < 4.78 is 11.0. The average molecular weight is 366 g/mol. The van der Waals surface area contributed by atoms with Gasteiger partial charge < -0.3 is 19.4 Å². The zero-order chi connectivity index (χ0) is 19.4. The number of carbonyl (C=O) groups excluding carboxylic acids is 1. The predicted molar refractivity (Wildman–Crippen MR) is 107 cm³/mol. The van der Waals surface area contributed by atoms with Crippen LogP contribution in [0.2, 0.25) is 0 Å². The van der Waals surface area contributed by atoms with Crippen LogP contribution in [0.3, 0.4) is 0 Å². The Morgan fingerprint density at radius 1 is 1.19 bits per heavy atom. The Balaban J connectivity index is 1.72. The van der Waals surface area contributed by atoms with Gasteiger partial charge in [0.25, 0.3) is 5.91 Å². The number of ether oxygens (including phenoxy) is 1. The lowest BCUT2D eigenvalue weighted by atomic mass is 10.1. The second kappa shape index (κ2) is 8.27. The number of fused-ring (bicyclic) bond motifs is 1. The molecule has 0 radical (unpaired) electrons. The van der Waals surface area contributed by atoms with Crippen molar-refractivity contribution in [3.63, 3.8) is 0 Å². The number of aryl methyl sites for hydroxylation is 1. The van der Waals surface area contributed by atoms with Crippen LogP contribution < -0.4 is 10.1 Å². The molecule has 142 valence electrons. The Hall–Kier alpha value is -2.79. The highest BCUT2D eigenvalue weighted by Gasteiger charge is 2.18. The smallest absolute Gasteiger partial charge is 0.287 e. The van der Waals surface area contributed by atoms with Crippen molar-refractivity contribution in [2.75, 3.05) is 20.7 Å². The Morgan fingerprint density at radius 2 is 1.96 bits per heavy atom. The number of nitrogens with zero attached hydrogens (tertiary/aromatic N) is 1. The molecule has 2 aromatic carbocycles. The highest BCUT2D eigenvalue weighted by Crippen LogP contribution is 2.28. The summed E-state index contributed by atoms with van der Waals surface area (Å²) >= 11 is 0. The maximum Gasteiger partial charge on any atom is 0.287 e. The maximum absolute atomic E-state index is 12.6. The van der Waals surface area contributed by atoms with E-state index in [2.05, 4.69) is 36.3 Å². The lowest BCUT2D eigenvalue weighted by molar-refractivity contribution is 0.0924. The van der Waals surface area contributed by atoms with E-state index in [1.807, 2.05) is 37.3 Å². The van der Waals surface area contributed by atoms with E-state index in [1.54, 1.807) is 7.11 Å². The zero-order valence-electron chi connectivity index (χ0n) is 16.3. The molecule has 0 aliphatic heterocycles. The molecule has 27 heavy (non-hydrogen) atoms. The lowest BCUT2D eigenvalue weighted by Gasteiger charge is -2.14. The first kappa shape index (κ1) is 19.0. The number of amides is 1. The molecule has 1 amide bonds. The number of rotatable bonds is 7. The van der Waals surface area contributed by atoms with Crippen LogP contribution in [-0.2, 0) is 13.1 Å². The average Bonchev–Trinajstić information content (AvgIpc) is 3.02. The number of furan rings is 1. The fourth-order valence-corrected chi connectivity index (χ4v) is 3.07. The molecular weight excluding hydrogens is 340 g/mol. The van der Waals surface area contributed by atoms with Crippen LogP contribution in [0, 0.1) is 6.92 Å². The fraction of sp³-hybridized carbons (Fsp3) is 0.318.